The molecule has 1 amide bonds. The third kappa shape index (κ3) is 7.09. The quantitative estimate of drug-likeness (QED) is 0.781. The van der Waals surface area contributed by atoms with E-state index in [1.54, 1.807) is 20.8 Å². The first-order valence-corrected chi connectivity index (χ1v) is 6.49. The Kier molecular flexibility index (Phi) is 6.66. The van der Waals surface area contributed by atoms with Crippen LogP contribution in [0.15, 0.2) is 11.8 Å². The molecular weight excluding hydrogens is 230 g/mol. The second-order valence-corrected chi connectivity index (χ2v) is 5.28. The molecule has 1 aliphatic rings. The average Bonchev–Trinajstić information content (AvgIpc) is 2.15. The van der Waals surface area contributed by atoms with Gasteiger partial charge in [-0.2, -0.15) is 0 Å². The van der Waals surface area contributed by atoms with Crippen molar-refractivity contribution in [2.75, 3.05) is 0 Å². The van der Waals surface area contributed by atoms with Gasteiger partial charge in [-0.25, -0.2) is 4.79 Å². The first-order chi connectivity index (χ1) is 8.26. The predicted molar refractivity (Wildman–Crippen MR) is 72.2 cm³/mol. The van der Waals surface area contributed by atoms with Gasteiger partial charge in [0.15, 0.2) is 5.78 Å². The number of ether oxygens (including phenoxy) is 1. The van der Waals surface area contributed by atoms with Crippen LogP contribution in [-0.2, 0) is 9.53 Å². The summed E-state index contributed by atoms with van der Waals surface area (Å²) in [5.74, 6) is 0.340. The molecule has 0 saturated carbocycles. The molecule has 4 nitrogen and oxygen atoms in total. The van der Waals surface area contributed by atoms with Crippen molar-refractivity contribution >= 4 is 11.9 Å². The van der Waals surface area contributed by atoms with E-state index < -0.39 is 11.7 Å². The van der Waals surface area contributed by atoms with Crippen LogP contribution in [0, 0.1) is 5.92 Å². The normalized spacial score (nSPS) is 19.3. The summed E-state index contributed by atoms with van der Waals surface area (Å²) in [7, 11) is 0. The van der Waals surface area contributed by atoms with Crippen molar-refractivity contribution in [3.05, 3.63) is 11.8 Å². The van der Waals surface area contributed by atoms with Crippen molar-refractivity contribution < 1.29 is 14.3 Å². The molecule has 0 radical (unpaired) electrons. The third-order valence-electron chi connectivity index (χ3n) is 2.11. The van der Waals surface area contributed by atoms with Crippen LogP contribution in [0.2, 0.25) is 0 Å². The van der Waals surface area contributed by atoms with Gasteiger partial charge in [-0.1, -0.05) is 20.8 Å². The Morgan fingerprint density at radius 3 is 2.33 bits per heavy atom. The SMILES string of the molecule is CC.CC1CC(=O)C=C(NC(=O)OC(C)(C)C)C1. The van der Waals surface area contributed by atoms with Gasteiger partial charge in [-0.3, -0.25) is 10.1 Å². The zero-order valence-electron chi connectivity index (χ0n) is 12.3. The van der Waals surface area contributed by atoms with Gasteiger partial charge in [0.05, 0.1) is 0 Å². The lowest BCUT2D eigenvalue weighted by molar-refractivity contribution is -0.115. The highest BCUT2D eigenvalue weighted by molar-refractivity contribution is 5.92. The second-order valence-electron chi connectivity index (χ2n) is 5.28. The van der Waals surface area contributed by atoms with E-state index in [2.05, 4.69) is 5.32 Å². The molecule has 0 saturated heterocycles. The monoisotopic (exact) mass is 255 g/mol. The van der Waals surface area contributed by atoms with Crippen molar-refractivity contribution in [1.82, 2.24) is 5.32 Å². The number of alkyl carbamates (subject to hydrolysis) is 1. The first kappa shape index (κ1) is 16.7. The van der Waals surface area contributed by atoms with E-state index in [0.29, 0.717) is 18.5 Å². The molecule has 0 aliphatic heterocycles. The fourth-order valence-electron chi connectivity index (χ4n) is 1.63. The molecule has 1 atom stereocenters. The standard InChI is InChI=1S/C12H19NO3.C2H6/c1-8-5-9(7-10(14)6-8)13-11(15)16-12(2,3)4;1-2/h7-8H,5-6H2,1-4H3,(H,13,15);1-2H3. The molecule has 1 aliphatic carbocycles. The van der Waals surface area contributed by atoms with Crippen LogP contribution in [0.5, 0.6) is 0 Å². The summed E-state index contributed by atoms with van der Waals surface area (Å²) in [4.78, 5) is 22.7. The molecule has 0 aromatic carbocycles. The van der Waals surface area contributed by atoms with Crippen LogP contribution in [0.3, 0.4) is 0 Å². The molecule has 104 valence electrons. The summed E-state index contributed by atoms with van der Waals surface area (Å²) in [6, 6.07) is 0. The van der Waals surface area contributed by atoms with Gasteiger partial charge in [0.1, 0.15) is 5.60 Å². The number of ketones is 1. The molecule has 1 unspecified atom stereocenters. The summed E-state index contributed by atoms with van der Waals surface area (Å²) in [6.07, 6.45) is 2.26. The number of hydrogen-bond donors (Lipinski definition) is 1. The third-order valence-corrected chi connectivity index (χ3v) is 2.11. The lowest BCUT2D eigenvalue weighted by Crippen LogP contribution is -2.33. The molecule has 18 heavy (non-hydrogen) atoms. The fraction of sp³-hybridized carbons (Fsp3) is 0.714. The summed E-state index contributed by atoms with van der Waals surface area (Å²) in [6.45, 7) is 11.4. The van der Waals surface area contributed by atoms with Crippen molar-refractivity contribution in [3.63, 3.8) is 0 Å². The summed E-state index contributed by atoms with van der Waals surface area (Å²) in [5, 5.41) is 2.62. The Balaban J connectivity index is 0.00000137. The highest BCUT2D eigenvalue weighted by atomic mass is 16.6. The van der Waals surface area contributed by atoms with Gasteiger partial charge in [-0.15, -0.1) is 0 Å². The van der Waals surface area contributed by atoms with Gasteiger partial charge >= 0.3 is 6.09 Å². The zero-order valence-corrected chi connectivity index (χ0v) is 12.3. The van der Waals surface area contributed by atoms with Crippen LogP contribution in [0.4, 0.5) is 4.79 Å². The highest BCUT2D eigenvalue weighted by Gasteiger charge is 2.21. The number of nitrogens with one attached hydrogen (secondary N) is 1. The Morgan fingerprint density at radius 2 is 1.89 bits per heavy atom. The molecule has 0 aromatic heterocycles. The molecule has 0 spiro atoms. The smallest absolute Gasteiger partial charge is 0.411 e. The van der Waals surface area contributed by atoms with Gasteiger partial charge in [0.2, 0.25) is 0 Å². The van der Waals surface area contributed by atoms with Crippen molar-refractivity contribution in [1.29, 1.82) is 0 Å². The van der Waals surface area contributed by atoms with Crippen LogP contribution < -0.4 is 5.32 Å². The van der Waals surface area contributed by atoms with Crippen molar-refractivity contribution in [2.45, 2.75) is 60.0 Å². The highest BCUT2D eigenvalue weighted by Crippen LogP contribution is 2.20. The van der Waals surface area contributed by atoms with E-state index in [9.17, 15) is 9.59 Å². The number of carbonyl (C=O) groups excluding carboxylic acids is 2. The maximum atomic E-state index is 11.5. The molecule has 0 bridgehead atoms. The fourth-order valence-corrected chi connectivity index (χ4v) is 1.63. The van der Waals surface area contributed by atoms with Crippen LogP contribution in [-0.4, -0.2) is 17.5 Å². The Bertz CT molecular complexity index is 326. The summed E-state index contributed by atoms with van der Waals surface area (Å²) >= 11 is 0. The average molecular weight is 255 g/mol. The first-order valence-electron chi connectivity index (χ1n) is 6.49. The number of rotatable bonds is 1. The zero-order chi connectivity index (χ0) is 14.3. The minimum atomic E-state index is -0.519. The summed E-state index contributed by atoms with van der Waals surface area (Å²) in [5.41, 5.74) is 0.132. The van der Waals surface area contributed by atoms with Gasteiger partial charge in [-0.05, 0) is 33.1 Å². The Hall–Kier alpha value is -1.32. The Morgan fingerprint density at radius 1 is 1.33 bits per heavy atom. The second kappa shape index (κ2) is 7.19. The topological polar surface area (TPSA) is 55.4 Å². The number of amides is 1. The lowest BCUT2D eigenvalue weighted by atomic mass is 9.93. The van der Waals surface area contributed by atoms with E-state index in [0.717, 1.165) is 0 Å². The van der Waals surface area contributed by atoms with E-state index in [1.165, 1.54) is 6.08 Å². The molecule has 0 heterocycles. The molecule has 0 aromatic rings. The van der Waals surface area contributed by atoms with Gasteiger partial charge in [0.25, 0.3) is 0 Å². The van der Waals surface area contributed by atoms with E-state index in [1.807, 2.05) is 20.8 Å². The van der Waals surface area contributed by atoms with E-state index >= 15 is 0 Å². The Labute approximate surface area is 110 Å². The van der Waals surface area contributed by atoms with E-state index in [4.69, 9.17) is 4.74 Å². The molecular formula is C14H25NO3. The van der Waals surface area contributed by atoms with Crippen LogP contribution in [0.25, 0.3) is 0 Å². The summed E-state index contributed by atoms with van der Waals surface area (Å²) < 4.78 is 5.11. The van der Waals surface area contributed by atoms with E-state index in [-0.39, 0.29) is 11.7 Å². The largest absolute Gasteiger partial charge is 0.444 e. The van der Waals surface area contributed by atoms with Crippen LogP contribution >= 0.6 is 0 Å². The minimum absolute atomic E-state index is 0.0600. The van der Waals surface area contributed by atoms with Crippen molar-refractivity contribution in [2.24, 2.45) is 5.92 Å². The van der Waals surface area contributed by atoms with Crippen LogP contribution in [0.1, 0.15) is 54.4 Å². The maximum Gasteiger partial charge on any atom is 0.411 e. The lowest BCUT2D eigenvalue weighted by Gasteiger charge is -2.22. The molecule has 4 heteroatoms. The molecule has 1 rings (SSSR count). The maximum absolute atomic E-state index is 11.5. The van der Waals surface area contributed by atoms with Gasteiger partial charge < -0.3 is 4.74 Å². The number of hydrogen-bond acceptors (Lipinski definition) is 3. The number of carbonyl (C=O) groups is 2. The molecule has 1 N–H and O–H groups in total. The van der Waals surface area contributed by atoms with Gasteiger partial charge in [0, 0.05) is 18.2 Å². The predicted octanol–water partition coefficient (Wildman–Crippen LogP) is 3.42. The van der Waals surface area contributed by atoms with Crippen molar-refractivity contribution in [3.8, 4) is 0 Å². The number of allylic oxidation sites excluding steroid dienone is 2. The minimum Gasteiger partial charge on any atom is -0.444 e. The molecule has 0 fully saturated rings.